The molecule has 1 aromatic rings. The molecule has 0 aromatic heterocycles. The molecule has 0 radical (unpaired) electrons. The third-order valence-electron chi connectivity index (χ3n) is 2.93. The molecule has 0 fully saturated rings. The van der Waals surface area contributed by atoms with Crippen LogP contribution in [0.25, 0.3) is 0 Å². The van der Waals surface area contributed by atoms with Gasteiger partial charge in [-0.2, -0.15) is 5.26 Å². The average molecular weight is 292 g/mol. The number of nitrogens with zero attached hydrogens (tertiary/aromatic N) is 1. The predicted molar refractivity (Wildman–Crippen MR) is 77.9 cm³/mol. The Kier molecular flexibility index (Phi) is 6.88. The molecule has 0 spiro atoms. The first kappa shape index (κ1) is 16.6. The number of hydrogen-bond acceptors (Lipinski definition) is 5. The molecule has 1 aromatic carbocycles. The van der Waals surface area contributed by atoms with Gasteiger partial charge in [0, 0.05) is 18.5 Å². The summed E-state index contributed by atoms with van der Waals surface area (Å²) in [5, 5.41) is 11.2. The van der Waals surface area contributed by atoms with Crippen LogP contribution < -0.4 is 19.5 Å². The van der Waals surface area contributed by atoms with Crippen LogP contribution in [0.5, 0.6) is 17.2 Å². The third kappa shape index (κ3) is 4.56. The van der Waals surface area contributed by atoms with Gasteiger partial charge in [0.2, 0.25) is 5.75 Å². The maximum absolute atomic E-state index is 12.1. The van der Waals surface area contributed by atoms with E-state index in [1.54, 1.807) is 12.1 Å². The van der Waals surface area contributed by atoms with Gasteiger partial charge in [0.15, 0.2) is 11.5 Å². The lowest BCUT2D eigenvalue weighted by Crippen LogP contribution is -2.24. The summed E-state index contributed by atoms with van der Waals surface area (Å²) in [5.74, 6) is 1.11. The molecular weight excluding hydrogens is 272 g/mol. The number of carbonyl (C=O) groups is 1. The third-order valence-corrected chi connectivity index (χ3v) is 2.93. The van der Waals surface area contributed by atoms with E-state index in [2.05, 4.69) is 11.4 Å². The lowest BCUT2D eigenvalue weighted by molar-refractivity contribution is 0.0952. The highest BCUT2D eigenvalue weighted by atomic mass is 16.5. The van der Waals surface area contributed by atoms with Crippen LogP contribution in [0.15, 0.2) is 12.1 Å². The highest BCUT2D eigenvalue weighted by Gasteiger charge is 2.16. The summed E-state index contributed by atoms with van der Waals surface area (Å²) in [4.78, 5) is 12.1. The zero-order chi connectivity index (χ0) is 15.7. The lowest BCUT2D eigenvalue weighted by atomic mass is 10.1. The Balaban J connectivity index is 2.78. The zero-order valence-electron chi connectivity index (χ0n) is 12.6. The standard InChI is InChI=1S/C15H20N2O4/c1-19-12-9-11(10-13(20-2)14(12)21-3)15(18)17-8-6-4-5-7-16/h9-10H,4-6,8H2,1-3H3,(H,17,18). The van der Waals surface area contributed by atoms with Crippen molar-refractivity contribution in [3.63, 3.8) is 0 Å². The summed E-state index contributed by atoms with van der Waals surface area (Å²) in [5.41, 5.74) is 0.435. The molecule has 0 heterocycles. The summed E-state index contributed by atoms with van der Waals surface area (Å²) >= 11 is 0. The number of nitrogens with one attached hydrogen (secondary N) is 1. The normalized spacial score (nSPS) is 9.62. The van der Waals surface area contributed by atoms with Crippen molar-refractivity contribution in [3.05, 3.63) is 17.7 Å². The molecule has 0 bridgehead atoms. The molecule has 0 unspecified atom stereocenters. The molecule has 0 saturated heterocycles. The van der Waals surface area contributed by atoms with Gasteiger partial charge in [0.1, 0.15) is 0 Å². The molecule has 1 amide bonds. The summed E-state index contributed by atoms with van der Waals surface area (Å²) in [6, 6.07) is 5.28. The van der Waals surface area contributed by atoms with E-state index in [0.717, 1.165) is 12.8 Å². The number of carbonyl (C=O) groups excluding carboxylic acids is 1. The first-order valence-corrected chi connectivity index (χ1v) is 6.63. The molecule has 21 heavy (non-hydrogen) atoms. The Morgan fingerprint density at radius 3 is 2.24 bits per heavy atom. The van der Waals surface area contributed by atoms with E-state index in [-0.39, 0.29) is 5.91 Å². The largest absolute Gasteiger partial charge is 0.493 e. The van der Waals surface area contributed by atoms with E-state index < -0.39 is 0 Å². The van der Waals surface area contributed by atoms with Crippen molar-refractivity contribution in [2.24, 2.45) is 0 Å². The van der Waals surface area contributed by atoms with Gasteiger partial charge in [-0.3, -0.25) is 4.79 Å². The predicted octanol–water partition coefficient (Wildman–Crippen LogP) is 2.14. The zero-order valence-corrected chi connectivity index (χ0v) is 12.6. The van der Waals surface area contributed by atoms with Crippen molar-refractivity contribution >= 4 is 5.91 Å². The Bertz CT molecular complexity index is 498. The van der Waals surface area contributed by atoms with Gasteiger partial charge in [0.05, 0.1) is 27.4 Å². The number of ether oxygens (including phenoxy) is 3. The molecule has 0 aliphatic carbocycles. The molecule has 0 atom stereocenters. The Labute approximate surface area is 124 Å². The Morgan fingerprint density at radius 2 is 1.76 bits per heavy atom. The molecular formula is C15H20N2O4. The number of amides is 1. The number of benzene rings is 1. The maximum atomic E-state index is 12.1. The second kappa shape index (κ2) is 8.69. The molecule has 6 heteroatoms. The number of hydrogen-bond donors (Lipinski definition) is 1. The fourth-order valence-electron chi connectivity index (χ4n) is 1.85. The van der Waals surface area contributed by atoms with E-state index in [1.807, 2.05) is 0 Å². The molecule has 114 valence electrons. The fraction of sp³-hybridized carbons (Fsp3) is 0.467. The van der Waals surface area contributed by atoms with Gasteiger partial charge in [-0.1, -0.05) is 0 Å². The maximum Gasteiger partial charge on any atom is 0.251 e. The van der Waals surface area contributed by atoms with E-state index in [0.29, 0.717) is 35.8 Å². The minimum atomic E-state index is -0.216. The van der Waals surface area contributed by atoms with Crippen LogP contribution in [-0.4, -0.2) is 33.8 Å². The topological polar surface area (TPSA) is 80.6 Å². The van der Waals surface area contributed by atoms with Crippen LogP contribution in [0.1, 0.15) is 29.6 Å². The monoisotopic (exact) mass is 292 g/mol. The van der Waals surface area contributed by atoms with Crippen LogP contribution in [0.2, 0.25) is 0 Å². The van der Waals surface area contributed by atoms with Crippen LogP contribution in [0.3, 0.4) is 0 Å². The van der Waals surface area contributed by atoms with E-state index in [1.165, 1.54) is 21.3 Å². The smallest absolute Gasteiger partial charge is 0.251 e. The van der Waals surface area contributed by atoms with E-state index >= 15 is 0 Å². The van der Waals surface area contributed by atoms with Gasteiger partial charge in [-0.05, 0) is 25.0 Å². The number of unbranched alkanes of at least 4 members (excludes halogenated alkanes) is 2. The summed E-state index contributed by atoms with van der Waals surface area (Å²) < 4.78 is 15.6. The first-order valence-electron chi connectivity index (χ1n) is 6.63. The molecule has 1 rings (SSSR count). The SMILES string of the molecule is COc1cc(C(=O)NCCCCC#N)cc(OC)c1OC. The van der Waals surface area contributed by atoms with Crippen LogP contribution in [0, 0.1) is 11.3 Å². The molecule has 6 nitrogen and oxygen atoms in total. The molecule has 0 saturated carbocycles. The van der Waals surface area contributed by atoms with Crippen molar-refractivity contribution in [1.82, 2.24) is 5.32 Å². The van der Waals surface area contributed by atoms with Crippen LogP contribution in [0.4, 0.5) is 0 Å². The summed E-state index contributed by atoms with van der Waals surface area (Å²) in [6.45, 7) is 0.525. The number of nitriles is 1. The van der Waals surface area contributed by atoms with E-state index in [4.69, 9.17) is 19.5 Å². The lowest BCUT2D eigenvalue weighted by Gasteiger charge is -2.14. The Morgan fingerprint density at radius 1 is 1.14 bits per heavy atom. The highest BCUT2D eigenvalue weighted by molar-refractivity contribution is 5.95. The summed E-state index contributed by atoms with van der Waals surface area (Å²) in [6.07, 6.45) is 2.04. The first-order chi connectivity index (χ1) is 10.2. The molecule has 1 N–H and O–H groups in total. The second-order valence-corrected chi connectivity index (χ2v) is 4.29. The summed E-state index contributed by atoms with van der Waals surface area (Å²) in [7, 11) is 4.51. The molecule has 0 aliphatic rings. The van der Waals surface area contributed by atoms with E-state index in [9.17, 15) is 4.79 Å². The van der Waals surface area contributed by atoms with Crippen molar-refractivity contribution < 1.29 is 19.0 Å². The van der Waals surface area contributed by atoms with Crippen LogP contribution >= 0.6 is 0 Å². The Hall–Kier alpha value is -2.42. The van der Waals surface area contributed by atoms with Gasteiger partial charge < -0.3 is 19.5 Å². The van der Waals surface area contributed by atoms with Crippen molar-refractivity contribution in [2.75, 3.05) is 27.9 Å². The van der Waals surface area contributed by atoms with Gasteiger partial charge >= 0.3 is 0 Å². The number of methoxy groups -OCH3 is 3. The van der Waals surface area contributed by atoms with Gasteiger partial charge in [0.25, 0.3) is 5.91 Å². The van der Waals surface area contributed by atoms with Gasteiger partial charge in [-0.25, -0.2) is 0 Å². The van der Waals surface area contributed by atoms with Gasteiger partial charge in [-0.15, -0.1) is 0 Å². The quantitative estimate of drug-likeness (QED) is 0.742. The van der Waals surface area contributed by atoms with Crippen molar-refractivity contribution in [2.45, 2.75) is 19.3 Å². The van der Waals surface area contributed by atoms with Crippen LogP contribution in [-0.2, 0) is 0 Å². The molecule has 0 aliphatic heterocycles. The van der Waals surface area contributed by atoms with Crippen molar-refractivity contribution in [3.8, 4) is 23.3 Å². The number of rotatable bonds is 8. The fourth-order valence-corrected chi connectivity index (χ4v) is 1.85. The minimum absolute atomic E-state index is 0.216. The van der Waals surface area contributed by atoms with Crippen molar-refractivity contribution in [1.29, 1.82) is 5.26 Å². The average Bonchev–Trinajstić information content (AvgIpc) is 2.52. The second-order valence-electron chi connectivity index (χ2n) is 4.29. The highest BCUT2D eigenvalue weighted by Crippen LogP contribution is 2.38. The minimum Gasteiger partial charge on any atom is -0.493 e.